The van der Waals surface area contributed by atoms with Gasteiger partial charge in [0.1, 0.15) is 0 Å². The average molecular weight is 299 g/mol. The highest BCUT2D eigenvalue weighted by Crippen LogP contribution is 2.08. The zero-order chi connectivity index (χ0) is 15.8. The number of carbonyl (C=O) groups is 1. The first-order valence-corrected chi connectivity index (χ1v) is 7.21. The van der Waals surface area contributed by atoms with Crippen LogP contribution in [0.4, 0.5) is 10.5 Å². The van der Waals surface area contributed by atoms with E-state index in [2.05, 4.69) is 10.3 Å². The Morgan fingerprint density at radius 3 is 2.77 bits per heavy atom. The summed E-state index contributed by atoms with van der Waals surface area (Å²) >= 11 is 0. The van der Waals surface area contributed by atoms with Gasteiger partial charge in [0.05, 0.1) is 13.2 Å². The maximum atomic E-state index is 12.0. The van der Waals surface area contributed by atoms with Crippen LogP contribution in [-0.4, -0.2) is 36.1 Å². The van der Waals surface area contributed by atoms with E-state index in [1.165, 1.54) is 0 Å². The molecular weight excluding hydrogens is 278 g/mol. The highest BCUT2D eigenvalue weighted by molar-refractivity contribution is 5.89. The molecule has 0 saturated heterocycles. The van der Waals surface area contributed by atoms with E-state index in [0.717, 1.165) is 16.9 Å². The second-order valence-electron chi connectivity index (χ2n) is 5.08. The molecule has 1 heterocycles. The second kappa shape index (κ2) is 8.14. The van der Waals surface area contributed by atoms with Crippen LogP contribution >= 0.6 is 0 Å². The van der Waals surface area contributed by atoms with Crippen molar-refractivity contribution in [1.29, 1.82) is 0 Å². The van der Waals surface area contributed by atoms with Gasteiger partial charge in [0, 0.05) is 31.2 Å². The average Bonchev–Trinajstić information content (AvgIpc) is 2.52. The van der Waals surface area contributed by atoms with Crippen molar-refractivity contribution in [2.24, 2.45) is 0 Å². The van der Waals surface area contributed by atoms with Gasteiger partial charge in [0.25, 0.3) is 0 Å². The maximum absolute atomic E-state index is 12.0. The number of amides is 2. The number of hydrogen-bond donors (Lipinski definition) is 1. The molecule has 0 aliphatic rings. The van der Waals surface area contributed by atoms with E-state index >= 15 is 0 Å². The molecule has 2 aromatic rings. The number of pyridine rings is 1. The lowest BCUT2D eigenvalue weighted by Crippen LogP contribution is -2.34. The summed E-state index contributed by atoms with van der Waals surface area (Å²) in [5, 5.41) is 2.83. The SMILES string of the molecule is Cc1cc(NC(=O)N(C)CCOCc2ccccc2)ccn1. The quantitative estimate of drug-likeness (QED) is 0.834. The standard InChI is InChI=1S/C17H21N3O2/c1-14-12-16(8-9-18-14)19-17(21)20(2)10-11-22-13-15-6-4-3-5-7-15/h3-9,12H,10-11,13H2,1-2H3,(H,18,19,21). The van der Waals surface area contributed by atoms with Crippen molar-refractivity contribution in [1.82, 2.24) is 9.88 Å². The lowest BCUT2D eigenvalue weighted by Gasteiger charge is -2.18. The Hall–Kier alpha value is -2.40. The molecule has 0 aliphatic heterocycles. The van der Waals surface area contributed by atoms with Crippen molar-refractivity contribution in [2.75, 3.05) is 25.5 Å². The van der Waals surface area contributed by atoms with Crippen molar-refractivity contribution < 1.29 is 9.53 Å². The molecule has 5 heteroatoms. The van der Waals surface area contributed by atoms with E-state index in [4.69, 9.17) is 4.74 Å². The number of likely N-dealkylation sites (N-methyl/N-ethyl adjacent to an activating group) is 1. The van der Waals surface area contributed by atoms with E-state index in [0.29, 0.717) is 19.8 Å². The third-order valence-electron chi connectivity index (χ3n) is 3.18. The number of rotatable bonds is 6. The molecule has 1 aromatic carbocycles. The summed E-state index contributed by atoms with van der Waals surface area (Å²) in [5.74, 6) is 0. The fraction of sp³-hybridized carbons (Fsp3) is 0.294. The van der Waals surface area contributed by atoms with Crippen molar-refractivity contribution in [2.45, 2.75) is 13.5 Å². The first kappa shape index (κ1) is 16.0. The van der Waals surface area contributed by atoms with Crippen molar-refractivity contribution in [3.63, 3.8) is 0 Å². The number of nitrogens with zero attached hydrogens (tertiary/aromatic N) is 2. The van der Waals surface area contributed by atoms with Gasteiger partial charge in [0.2, 0.25) is 0 Å². The lowest BCUT2D eigenvalue weighted by atomic mass is 10.2. The monoisotopic (exact) mass is 299 g/mol. The summed E-state index contributed by atoms with van der Waals surface area (Å²) in [7, 11) is 1.75. The van der Waals surface area contributed by atoms with E-state index in [9.17, 15) is 4.79 Å². The first-order valence-electron chi connectivity index (χ1n) is 7.21. The van der Waals surface area contributed by atoms with Crippen LogP contribution in [0.3, 0.4) is 0 Å². The molecule has 0 atom stereocenters. The smallest absolute Gasteiger partial charge is 0.321 e. The Morgan fingerprint density at radius 1 is 1.27 bits per heavy atom. The molecule has 116 valence electrons. The Labute approximate surface area is 130 Å². The number of urea groups is 1. The zero-order valence-corrected chi connectivity index (χ0v) is 13.0. The number of nitrogens with one attached hydrogen (secondary N) is 1. The van der Waals surface area contributed by atoms with Crippen LogP contribution in [0.5, 0.6) is 0 Å². The molecule has 0 saturated carbocycles. The predicted octanol–water partition coefficient (Wildman–Crippen LogP) is 3.07. The van der Waals surface area contributed by atoms with Crippen molar-refractivity contribution in [3.8, 4) is 0 Å². The molecule has 0 radical (unpaired) electrons. The van der Waals surface area contributed by atoms with E-state index in [-0.39, 0.29) is 6.03 Å². The number of aromatic nitrogens is 1. The fourth-order valence-corrected chi connectivity index (χ4v) is 1.91. The van der Waals surface area contributed by atoms with Gasteiger partial charge in [-0.05, 0) is 24.6 Å². The van der Waals surface area contributed by atoms with E-state index < -0.39 is 0 Å². The number of ether oxygens (including phenoxy) is 1. The molecule has 22 heavy (non-hydrogen) atoms. The number of benzene rings is 1. The Morgan fingerprint density at radius 2 is 2.05 bits per heavy atom. The Bertz CT molecular complexity index is 602. The number of hydrogen-bond acceptors (Lipinski definition) is 3. The zero-order valence-electron chi connectivity index (χ0n) is 13.0. The van der Waals surface area contributed by atoms with Crippen LogP contribution in [0, 0.1) is 6.92 Å². The minimum atomic E-state index is -0.158. The van der Waals surface area contributed by atoms with Gasteiger partial charge < -0.3 is 15.0 Å². The summed E-state index contributed by atoms with van der Waals surface area (Å²) in [6.07, 6.45) is 1.67. The Kier molecular flexibility index (Phi) is 5.91. The topological polar surface area (TPSA) is 54.5 Å². The van der Waals surface area contributed by atoms with Gasteiger partial charge >= 0.3 is 6.03 Å². The third-order valence-corrected chi connectivity index (χ3v) is 3.18. The van der Waals surface area contributed by atoms with Gasteiger partial charge in [0.15, 0.2) is 0 Å². The van der Waals surface area contributed by atoms with Gasteiger partial charge in [-0.25, -0.2) is 4.79 Å². The normalized spacial score (nSPS) is 10.3. The van der Waals surface area contributed by atoms with Gasteiger partial charge in [-0.15, -0.1) is 0 Å². The first-order chi connectivity index (χ1) is 10.6. The molecule has 0 unspecified atom stereocenters. The van der Waals surface area contributed by atoms with Crippen LogP contribution in [0.25, 0.3) is 0 Å². The maximum Gasteiger partial charge on any atom is 0.321 e. The molecule has 1 N–H and O–H groups in total. The molecular formula is C17H21N3O2. The van der Waals surface area contributed by atoms with Crippen LogP contribution in [0.2, 0.25) is 0 Å². The molecule has 0 aliphatic carbocycles. The number of aryl methyl sites for hydroxylation is 1. The van der Waals surface area contributed by atoms with Crippen LogP contribution in [-0.2, 0) is 11.3 Å². The van der Waals surface area contributed by atoms with Crippen LogP contribution in [0.1, 0.15) is 11.3 Å². The predicted molar refractivity (Wildman–Crippen MR) is 86.7 cm³/mol. The molecule has 0 fully saturated rings. The van der Waals surface area contributed by atoms with Crippen LogP contribution < -0.4 is 5.32 Å². The highest BCUT2D eigenvalue weighted by Gasteiger charge is 2.08. The largest absolute Gasteiger partial charge is 0.375 e. The van der Waals surface area contributed by atoms with E-state index in [1.807, 2.05) is 43.3 Å². The summed E-state index contributed by atoms with van der Waals surface area (Å²) in [4.78, 5) is 17.7. The number of anilines is 1. The lowest BCUT2D eigenvalue weighted by molar-refractivity contribution is 0.106. The summed E-state index contributed by atoms with van der Waals surface area (Å²) in [5.41, 5.74) is 2.74. The van der Waals surface area contributed by atoms with Gasteiger partial charge in [-0.1, -0.05) is 30.3 Å². The van der Waals surface area contributed by atoms with Crippen LogP contribution in [0.15, 0.2) is 48.7 Å². The second-order valence-corrected chi connectivity index (χ2v) is 5.08. The Balaban J connectivity index is 1.70. The molecule has 2 amide bonds. The van der Waals surface area contributed by atoms with Crippen molar-refractivity contribution >= 4 is 11.7 Å². The minimum Gasteiger partial charge on any atom is -0.375 e. The fourth-order valence-electron chi connectivity index (χ4n) is 1.91. The molecule has 0 bridgehead atoms. The molecule has 1 aromatic heterocycles. The minimum absolute atomic E-state index is 0.158. The van der Waals surface area contributed by atoms with Gasteiger partial charge in [-0.3, -0.25) is 4.98 Å². The molecule has 2 rings (SSSR count). The molecule has 0 spiro atoms. The highest BCUT2D eigenvalue weighted by atomic mass is 16.5. The summed E-state index contributed by atoms with van der Waals surface area (Å²) < 4.78 is 5.58. The number of carbonyl (C=O) groups excluding carboxylic acids is 1. The summed E-state index contributed by atoms with van der Waals surface area (Å²) in [6, 6.07) is 13.4. The molecule has 5 nitrogen and oxygen atoms in total. The van der Waals surface area contributed by atoms with Crippen molar-refractivity contribution in [3.05, 3.63) is 59.9 Å². The third kappa shape index (κ3) is 5.18. The van der Waals surface area contributed by atoms with E-state index in [1.54, 1.807) is 24.2 Å². The summed E-state index contributed by atoms with van der Waals surface area (Å²) in [6.45, 7) is 3.47. The van der Waals surface area contributed by atoms with Gasteiger partial charge in [-0.2, -0.15) is 0 Å².